The van der Waals surface area contributed by atoms with E-state index in [0.717, 1.165) is 10.4 Å². The monoisotopic (exact) mass is 397 g/mol. The van der Waals surface area contributed by atoms with Gasteiger partial charge in [0.05, 0.1) is 10.2 Å². The molecule has 0 aliphatic carbocycles. The number of imidazole rings is 1. The molecule has 0 spiro atoms. The molecular weight excluding hydrogens is 381 g/mol. The van der Waals surface area contributed by atoms with Crippen LogP contribution < -0.4 is 10.6 Å². The van der Waals surface area contributed by atoms with E-state index in [9.17, 15) is 14.3 Å². The summed E-state index contributed by atoms with van der Waals surface area (Å²) in [6, 6.07) is 10.4. The molecule has 0 saturated heterocycles. The zero-order chi connectivity index (χ0) is 19.7. The predicted molar refractivity (Wildman–Crippen MR) is 106 cm³/mol. The molecule has 7 nitrogen and oxygen atoms in total. The van der Waals surface area contributed by atoms with Gasteiger partial charge < -0.3 is 15.4 Å². The molecule has 1 unspecified atom stereocenters. The Morgan fingerprint density at radius 2 is 2.00 bits per heavy atom. The van der Waals surface area contributed by atoms with Gasteiger partial charge in [-0.2, -0.15) is 0 Å². The van der Waals surface area contributed by atoms with E-state index in [-0.39, 0.29) is 5.82 Å². The minimum atomic E-state index is -0.876. The average Bonchev–Trinajstić information content (AvgIpc) is 3.27. The molecule has 0 aliphatic heterocycles. The number of H-pyrrole nitrogens is 1. The molecule has 1 atom stereocenters. The lowest BCUT2D eigenvalue weighted by Gasteiger charge is -2.07. The first-order chi connectivity index (χ1) is 13.5. The Kier molecular flexibility index (Phi) is 4.76. The number of amides is 2. The number of rotatable bonds is 4. The van der Waals surface area contributed by atoms with Crippen molar-refractivity contribution in [3.05, 3.63) is 71.6 Å². The molecule has 28 heavy (non-hydrogen) atoms. The zero-order valence-corrected chi connectivity index (χ0v) is 15.5. The van der Waals surface area contributed by atoms with Crippen molar-refractivity contribution in [2.24, 2.45) is 0 Å². The Morgan fingerprint density at radius 3 is 2.71 bits per heavy atom. The topological polar surface area (TPSA) is 103 Å². The van der Waals surface area contributed by atoms with Crippen molar-refractivity contribution in [1.82, 2.24) is 15.0 Å². The van der Waals surface area contributed by atoms with Crippen LogP contribution in [0.5, 0.6) is 0 Å². The number of nitrogens with one attached hydrogen (secondary N) is 3. The molecule has 2 amide bonds. The first kappa shape index (κ1) is 18.1. The molecule has 0 fully saturated rings. The second-order valence-corrected chi connectivity index (χ2v) is 7.22. The summed E-state index contributed by atoms with van der Waals surface area (Å²) in [5.41, 5.74) is 2.72. The van der Waals surface area contributed by atoms with Crippen LogP contribution in [0, 0.1) is 12.7 Å². The Labute approximate surface area is 163 Å². The van der Waals surface area contributed by atoms with Crippen molar-refractivity contribution in [3.8, 4) is 0 Å². The number of aromatic nitrogens is 3. The number of hydrogen-bond donors (Lipinski definition) is 4. The highest BCUT2D eigenvalue weighted by Crippen LogP contribution is 2.30. The summed E-state index contributed by atoms with van der Waals surface area (Å²) in [5, 5.41) is 16.2. The summed E-state index contributed by atoms with van der Waals surface area (Å²) >= 11 is 1.29. The summed E-state index contributed by atoms with van der Waals surface area (Å²) < 4.78 is 13.7. The van der Waals surface area contributed by atoms with Gasteiger partial charge >= 0.3 is 6.03 Å². The highest BCUT2D eigenvalue weighted by molar-refractivity contribution is 7.22. The van der Waals surface area contributed by atoms with Crippen molar-refractivity contribution in [1.29, 1.82) is 0 Å². The number of carbonyl (C=O) groups excluding carboxylic acids is 1. The van der Waals surface area contributed by atoms with Crippen molar-refractivity contribution in [2.75, 3.05) is 10.6 Å². The van der Waals surface area contributed by atoms with E-state index in [1.54, 1.807) is 18.3 Å². The van der Waals surface area contributed by atoms with Crippen molar-refractivity contribution in [2.45, 2.75) is 13.0 Å². The van der Waals surface area contributed by atoms with Gasteiger partial charge in [0.25, 0.3) is 0 Å². The third-order valence-electron chi connectivity index (χ3n) is 4.03. The van der Waals surface area contributed by atoms with Crippen molar-refractivity contribution in [3.63, 3.8) is 0 Å². The highest BCUT2D eigenvalue weighted by Gasteiger charge is 2.16. The zero-order valence-electron chi connectivity index (χ0n) is 14.7. The van der Waals surface area contributed by atoms with Crippen LogP contribution in [0.4, 0.5) is 20.0 Å². The smallest absolute Gasteiger partial charge is 0.325 e. The van der Waals surface area contributed by atoms with Gasteiger partial charge in [-0.15, -0.1) is 0 Å². The Balaban J connectivity index is 1.49. The lowest BCUT2D eigenvalue weighted by molar-refractivity contribution is 0.211. The van der Waals surface area contributed by atoms with Gasteiger partial charge in [-0.1, -0.05) is 17.4 Å². The molecule has 4 aromatic rings. The Morgan fingerprint density at radius 1 is 1.21 bits per heavy atom. The maximum absolute atomic E-state index is 12.9. The molecule has 142 valence electrons. The van der Waals surface area contributed by atoms with Crippen molar-refractivity contribution < 1.29 is 14.3 Å². The number of benzene rings is 2. The van der Waals surface area contributed by atoms with Gasteiger partial charge in [0, 0.05) is 17.6 Å². The van der Waals surface area contributed by atoms with Crippen LogP contribution in [0.3, 0.4) is 0 Å². The molecule has 4 rings (SSSR count). The van der Waals surface area contributed by atoms with E-state index in [1.165, 1.54) is 35.6 Å². The molecule has 0 aliphatic rings. The molecule has 2 heterocycles. The lowest BCUT2D eigenvalue weighted by Crippen LogP contribution is -2.19. The van der Waals surface area contributed by atoms with Crippen LogP contribution in [0.1, 0.15) is 23.2 Å². The first-order valence-electron chi connectivity index (χ1n) is 8.41. The van der Waals surface area contributed by atoms with E-state index < -0.39 is 12.1 Å². The third kappa shape index (κ3) is 3.85. The molecule has 2 aromatic heterocycles. The average molecular weight is 397 g/mol. The van der Waals surface area contributed by atoms with E-state index >= 15 is 0 Å². The second kappa shape index (κ2) is 7.37. The number of hydrogen-bond acceptors (Lipinski definition) is 5. The number of aliphatic hydroxyl groups is 1. The highest BCUT2D eigenvalue weighted by atomic mass is 32.1. The van der Waals surface area contributed by atoms with Gasteiger partial charge in [0.1, 0.15) is 17.7 Å². The minimum Gasteiger partial charge on any atom is -0.380 e. The van der Waals surface area contributed by atoms with E-state index in [1.807, 2.05) is 13.0 Å². The van der Waals surface area contributed by atoms with Crippen LogP contribution in [-0.2, 0) is 0 Å². The van der Waals surface area contributed by atoms with Crippen LogP contribution in [0.15, 0.2) is 48.7 Å². The van der Waals surface area contributed by atoms with Crippen LogP contribution in [0.2, 0.25) is 0 Å². The predicted octanol–water partition coefficient (Wildman–Crippen LogP) is 4.19. The van der Waals surface area contributed by atoms with Gasteiger partial charge in [0.15, 0.2) is 5.13 Å². The Hall–Kier alpha value is -3.30. The van der Waals surface area contributed by atoms with Gasteiger partial charge in [-0.25, -0.2) is 19.2 Å². The van der Waals surface area contributed by atoms with Crippen LogP contribution in [0.25, 0.3) is 10.2 Å². The quantitative estimate of drug-likeness (QED) is 0.414. The molecule has 9 heteroatoms. The number of halogens is 1. The summed E-state index contributed by atoms with van der Waals surface area (Å²) in [7, 11) is 0. The number of aromatic amines is 1. The summed E-state index contributed by atoms with van der Waals surface area (Å²) in [5.74, 6) is 0.0956. The fourth-order valence-electron chi connectivity index (χ4n) is 2.69. The van der Waals surface area contributed by atoms with E-state index in [0.29, 0.717) is 27.7 Å². The number of aliphatic hydroxyl groups excluding tert-OH is 1. The number of fused-ring (bicyclic) bond motifs is 1. The summed E-state index contributed by atoms with van der Waals surface area (Å²) in [6.07, 6.45) is 0.782. The normalized spacial score (nSPS) is 12.1. The van der Waals surface area contributed by atoms with Crippen LogP contribution >= 0.6 is 11.3 Å². The number of aryl methyl sites for hydroxylation is 1. The fraction of sp³-hybridized carbons (Fsp3) is 0.105. The molecular formula is C19H16FN5O2S. The number of anilines is 2. The van der Waals surface area contributed by atoms with Gasteiger partial charge in [-0.3, -0.25) is 5.32 Å². The molecule has 0 bridgehead atoms. The SMILES string of the molecule is Cc1cnc(C(O)c2ccc3nc(NC(=O)Nc4ccc(F)cc4)sc3c2)[nH]1. The molecule has 0 radical (unpaired) electrons. The summed E-state index contributed by atoms with van der Waals surface area (Å²) in [6.45, 7) is 1.87. The first-order valence-corrected chi connectivity index (χ1v) is 9.23. The second-order valence-electron chi connectivity index (χ2n) is 6.19. The molecule has 2 aromatic carbocycles. The van der Waals surface area contributed by atoms with Gasteiger partial charge in [-0.05, 0) is 48.9 Å². The maximum atomic E-state index is 12.9. The fourth-order valence-corrected chi connectivity index (χ4v) is 3.60. The number of carbonyl (C=O) groups is 1. The van der Waals surface area contributed by atoms with E-state index in [4.69, 9.17) is 0 Å². The number of thiazole rings is 1. The summed E-state index contributed by atoms with van der Waals surface area (Å²) in [4.78, 5) is 23.6. The number of nitrogens with zero attached hydrogens (tertiary/aromatic N) is 2. The standard InChI is InChI=1S/C19H16FN5O2S/c1-10-9-21-17(22-10)16(26)11-2-7-14-15(8-11)28-19(24-14)25-18(27)23-13-5-3-12(20)4-6-13/h2-9,16,26H,1H3,(H,21,22)(H2,23,24,25,27). The van der Waals surface area contributed by atoms with E-state index in [2.05, 4.69) is 25.6 Å². The largest absolute Gasteiger partial charge is 0.380 e. The van der Waals surface area contributed by atoms with Crippen molar-refractivity contribution >= 4 is 38.4 Å². The molecule has 0 saturated carbocycles. The maximum Gasteiger partial charge on any atom is 0.325 e. The lowest BCUT2D eigenvalue weighted by atomic mass is 10.1. The number of urea groups is 1. The third-order valence-corrected chi connectivity index (χ3v) is 4.97. The molecule has 4 N–H and O–H groups in total. The van der Waals surface area contributed by atoms with Gasteiger partial charge in [0.2, 0.25) is 0 Å². The minimum absolute atomic E-state index is 0.375. The Bertz CT molecular complexity index is 1140. The van der Waals surface area contributed by atoms with Crippen LogP contribution in [-0.4, -0.2) is 26.1 Å².